The van der Waals surface area contributed by atoms with Crippen LogP contribution >= 0.6 is 0 Å². The molecule has 1 aromatic carbocycles. The first-order valence-corrected chi connectivity index (χ1v) is 8.21. The van der Waals surface area contributed by atoms with Crippen LogP contribution in [0.5, 0.6) is 11.5 Å². The van der Waals surface area contributed by atoms with Gasteiger partial charge in [-0.25, -0.2) is 0 Å². The number of carbonyl (C=O) groups is 2. The highest BCUT2D eigenvalue weighted by atomic mass is 16.6. The minimum Gasteiger partial charge on any atom is -0.422 e. The van der Waals surface area contributed by atoms with Crippen LogP contribution in [-0.4, -0.2) is 11.9 Å². The number of ether oxygens (including phenoxy) is 2. The lowest BCUT2D eigenvalue weighted by atomic mass is 9.87. The van der Waals surface area contributed by atoms with Crippen molar-refractivity contribution in [1.82, 2.24) is 0 Å². The number of hydrogen-bond acceptors (Lipinski definition) is 4. The molecule has 0 aliphatic heterocycles. The SMILES string of the molecule is CC(C)(C)C(=O)Oc1ccc(C(C)(C)C)cc1OC(=O)C(C)(C)C. The first kappa shape index (κ1) is 20.2. The maximum Gasteiger partial charge on any atom is 0.316 e. The van der Waals surface area contributed by atoms with Crippen LogP contribution in [0, 0.1) is 10.8 Å². The average molecular weight is 334 g/mol. The van der Waals surface area contributed by atoms with Gasteiger partial charge < -0.3 is 9.47 Å². The van der Waals surface area contributed by atoms with E-state index in [2.05, 4.69) is 20.8 Å². The van der Waals surface area contributed by atoms with Crippen molar-refractivity contribution in [3.05, 3.63) is 23.8 Å². The summed E-state index contributed by atoms with van der Waals surface area (Å²) in [6.45, 7) is 16.9. The molecule has 4 heteroatoms. The Labute approximate surface area is 145 Å². The second kappa shape index (κ2) is 6.58. The number of hydrogen-bond donors (Lipinski definition) is 0. The average Bonchev–Trinajstić information content (AvgIpc) is 2.37. The van der Waals surface area contributed by atoms with Crippen molar-refractivity contribution in [2.75, 3.05) is 0 Å². The number of carbonyl (C=O) groups excluding carboxylic acids is 2. The van der Waals surface area contributed by atoms with E-state index in [0.29, 0.717) is 0 Å². The molecule has 0 saturated heterocycles. The molecule has 0 unspecified atom stereocenters. The van der Waals surface area contributed by atoms with Gasteiger partial charge in [-0.05, 0) is 64.7 Å². The Bertz CT molecular complexity index is 623. The summed E-state index contributed by atoms with van der Waals surface area (Å²) in [5.74, 6) is -0.207. The second-order valence-electron chi connectivity index (χ2n) is 9.19. The van der Waals surface area contributed by atoms with Crippen molar-refractivity contribution in [2.24, 2.45) is 10.8 Å². The van der Waals surface area contributed by atoms with Crippen LogP contribution in [0.15, 0.2) is 18.2 Å². The fraction of sp³-hybridized carbons (Fsp3) is 0.600. The summed E-state index contributed by atoms with van der Waals surface area (Å²) in [5, 5.41) is 0. The molecule has 0 atom stereocenters. The third kappa shape index (κ3) is 5.36. The molecule has 0 bridgehead atoms. The lowest BCUT2D eigenvalue weighted by molar-refractivity contribution is -0.145. The molecule has 0 heterocycles. The van der Waals surface area contributed by atoms with Crippen LogP contribution in [0.4, 0.5) is 0 Å². The van der Waals surface area contributed by atoms with Crippen molar-refractivity contribution in [3.8, 4) is 11.5 Å². The van der Waals surface area contributed by atoms with Gasteiger partial charge in [-0.1, -0.05) is 26.8 Å². The summed E-state index contributed by atoms with van der Waals surface area (Å²) in [6.07, 6.45) is 0. The van der Waals surface area contributed by atoms with E-state index in [1.165, 1.54) is 0 Å². The van der Waals surface area contributed by atoms with Gasteiger partial charge in [-0.3, -0.25) is 9.59 Å². The zero-order chi connectivity index (χ0) is 18.9. The summed E-state index contributed by atoms with van der Waals surface area (Å²) >= 11 is 0. The molecule has 1 rings (SSSR count). The van der Waals surface area contributed by atoms with E-state index in [1.54, 1.807) is 53.7 Å². The predicted octanol–water partition coefficient (Wildman–Crippen LogP) is 4.89. The van der Waals surface area contributed by atoms with E-state index in [4.69, 9.17) is 9.47 Å². The van der Waals surface area contributed by atoms with Crippen molar-refractivity contribution in [1.29, 1.82) is 0 Å². The highest BCUT2D eigenvalue weighted by Gasteiger charge is 2.29. The molecule has 0 aromatic heterocycles. The largest absolute Gasteiger partial charge is 0.422 e. The Kier molecular flexibility index (Phi) is 5.54. The van der Waals surface area contributed by atoms with Gasteiger partial charge in [0.05, 0.1) is 10.8 Å². The molecule has 134 valence electrons. The quantitative estimate of drug-likeness (QED) is 0.571. The third-order valence-corrected chi connectivity index (χ3v) is 3.44. The predicted molar refractivity (Wildman–Crippen MR) is 95.3 cm³/mol. The van der Waals surface area contributed by atoms with Crippen LogP contribution < -0.4 is 9.47 Å². The van der Waals surface area contributed by atoms with Gasteiger partial charge in [0, 0.05) is 0 Å². The van der Waals surface area contributed by atoms with Gasteiger partial charge >= 0.3 is 11.9 Å². The molecular formula is C20H30O4. The topological polar surface area (TPSA) is 52.6 Å². The Morgan fingerprint density at radius 1 is 0.708 bits per heavy atom. The maximum atomic E-state index is 12.3. The lowest BCUT2D eigenvalue weighted by Gasteiger charge is -2.23. The molecule has 0 aliphatic rings. The van der Waals surface area contributed by atoms with E-state index >= 15 is 0 Å². The fourth-order valence-electron chi connectivity index (χ4n) is 1.64. The van der Waals surface area contributed by atoms with Crippen molar-refractivity contribution in [3.63, 3.8) is 0 Å². The standard InChI is InChI=1S/C20H30O4/c1-18(2,3)13-10-11-14(23-16(21)19(4,5)6)15(12-13)24-17(22)20(7,8)9/h10-12H,1-9H3. The van der Waals surface area contributed by atoms with Crippen LogP contribution in [0.3, 0.4) is 0 Å². The van der Waals surface area contributed by atoms with Crippen LogP contribution in [0.2, 0.25) is 0 Å². The van der Waals surface area contributed by atoms with Crippen LogP contribution in [-0.2, 0) is 15.0 Å². The summed E-state index contributed by atoms with van der Waals surface area (Å²) in [6, 6.07) is 5.35. The number of benzene rings is 1. The van der Waals surface area contributed by atoms with E-state index in [0.717, 1.165) is 5.56 Å². The summed E-state index contributed by atoms with van der Waals surface area (Å²) in [4.78, 5) is 24.5. The Morgan fingerprint density at radius 2 is 1.12 bits per heavy atom. The molecule has 0 amide bonds. The van der Waals surface area contributed by atoms with E-state index in [-0.39, 0.29) is 28.9 Å². The van der Waals surface area contributed by atoms with Crippen molar-refractivity contribution in [2.45, 2.75) is 67.7 Å². The third-order valence-electron chi connectivity index (χ3n) is 3.44. The molecule has 0 radical (unpaired) electrons. The fourth-order valence-corrected chi connectivity index (χ4v) is 1.64. The van der Waals surface area contributed by atoms with Crippen molar-refractivity contribution < 1.29 is 19.1 Å². The second-order valence-corrected chi connectivity index (χ2v) is 9.19. The molecule has 1 aromatic rings. The van der Waals surface area contributed by atoms with Crippen LogP contribution in [0.1, 0.15) is 67.9 Å². The summed E-state index contributed by atoms with van der Waals surface area (Å²) in [7, 11) is 0. The number of esters is 2. The van der Waals surface area contributed by atoms with Crippen molar-refractivity contribution >= 4 is 11.9 Å². The van der Waals surface area contributed by atoms with E-state index in [1.807, 2.05) is 6.07 Å². The van der Waals surface area contributed by atoms with Crippen LogP contribution in [0.25, 0.3) is 0 Å². The Hall–Kier alpha value is -1.84. The van der Waals surface area contributed by atoms with Gasteiger partial charge in [0.2, 0.25) is 0 Å². The molecule has 0 spiro atoms. The monoisotopic (exact) mass is 334 g/mol. The van der Waals surface area contributed by atoms with Gasteiger partial charge in [-0.15, -0.1) is 0 Å². The Morgan fingerprint density at radius 3 is 1.50 bits per heavy atom. The van der Waals surface area contributed by atoms with E-state index < -0.39 is 10.8 Å². The lowest BCUT2D eigenvalue weighted by Crippen LogP contribution is -2.28. The molecule has 0 saturated carbocycles. The minimum absolute atomic E-state index is 0.116. The van der Waals surface area contributed by atoms with Gasteiger partial charge in [0.25, 0.3) is 0 Å². The molecule has 0 fully saturated rings. The molecule has 0 aliphatic carbocycles. The molecule has 0 N–H and O–H groups in total. The first-order chi connectivity index (χ1) is 10.6. The normalized spacial score (nSPS) is 12.7. The smallest absolute Gasteiger partial charge is 0.316 e. The highest BCUT2D eigenvalue weighted by molar-refractivity contribution is 5.81. The van der Waals surface area contributed by atoms with E-state index in [9.17, 15) is 9.59 Å². The zero-order valence-corrected chi connectivity index (χ0v) is 16.4. The summed E-state index contributed by atoms with van der Waals surface area (Å²) < 4.78 is 11.0. The molecule has 24 heavy (non-hydrogen) atoms. The molecule has 4 nitrogen and oxygen atoms in total. The first-order valence-electron chi connectivity index (χ1n) is 8.21. The van der Waals surface area contributed by atoms with Gasteiger partial charge in [0.1, 0.15) is 0 Å². The highest BCUT2D eigenvalue weighted by Crippen LogP contribution is 2.35. The zero-order valence-electron chi connectivity index (χ0n) is 16.4. The maximum absolute atomic E-state index is 12.3. The Balaban J connectivity index is 3.28. The number of rotatable bonds is 2. The van der Waals surface area contributed by atoms with Gasteiger partial charge in [0.15, 0.2) is 11.5 Å². The van der Waals surface area contributed by atoms with Gasteiger partial charge in [-0.2, -0.15) is 0 Å². The minimum atomic E-state index is -0.650. The summed E-state index contributed by atoms with van der Waals surface area (Å²) in [5.41, 5.74) is -0.415. The molecular weight excluding hydrogens is 304 g/mol.